The van der Waals surface area contributed by atoms with Crippen LogP contribution < -0.4 is 10.5 Å². The largest absolute Gasteiger partial charge is 0.482 e. The molecule has 0 saturated heterocycles. The molecule has 0 aliphatic heterocycles. The smallest absolute Gasteiger partial charge is 0.260 e. The minimum Gasteiger partial charge on any atom is -0.482 e. The number of para-hydroxylation sites is 2. The fourth-order valence-electron chi connectivity index (χ4n) is 1.54. The van der Waals surface area contributed by atoms with Crippen LogP contribution in [0.5, 0.6) is 5.75 Å². The van der Waals surface area contributed by atoms with E-state index in [2.05, 4.69) is 6.58 Å². The highest BCUT2D eigenvalue weighted by molar-refractivity contribution is 5.78. The molecule has 0 unspecified atom stereocenters. The van der Waals surface area contributed by atoms with Crippen LogP contribution in [0.3, 0.4) is 0 Å². The molecule has 0 spiro atoms. The van der Waals surface area contributed by atoms with E-state index in [1.54, 1.807) is 17.0 Å². The van der Waals surface area contributed by atoms with E-state index in [-0.39, 0.29) is 12.5 Å². The lowest BCUT2D eigenvalue weighted by molar-refractivity contribution is -0.132. The topological polar surface area (TPSA) is 55.6 Å². The zero-order valence-electron chi connectivity index (χ0n) is 11.0. The highest BCUT2D eigenvalue weighted by Gasteiger charge is 2.12. The lowest BCUT2D eigenvalue weighted by Crippen LogP contribution is -2.35. The Balaban J connectivity index is 2.54. The van der Waals surface area contributed by atoms with Gasteiger partial charge in [0, 0.05) is 13.1 Å². The third-order valence-electron chi connectivity index (χ3n) is 2.47. The molecule has 0 aliphatic rings. The molecule has 2 N–H and O–H groups in total. The highest BCUT2D eigenvalue weighted by Crippen LogP contribution is 2.19. The Labute approximate surface area is 108 Å². The Bertz CT molecular complexity index is 430. The van der Waals surface area contributed by atoms with Gasteiger partial charge in [0.2, 0.25) is 0 Å². The van der Waals surface area contributed by atoms with Gasteiger partial charge in [0.05, 0.1) is 5.69 Å². The summed E-state index contributed by atoms with van der Waals surface area (Å²) in [6.07, 6.45) is 0. The molecule has 98 valence electrons. The van der Waals surface area contributed by atoms with Crippen molar-refractivity contribution in [2.75, 3.05) is 25.4 Å². The van der Waals surface area contributed by atoms with E-state index in [1.165, 1.54) is 0 Å². The van der Waals surface area contributed by atoms with E-state index in [1.807, 2.05) is 26.0 Å². The molecule has 0 radical (unpaired) electrons. The molecule has 4 heteroatoms. The summed E-state index contributed by atoms with van der Waals surface area (Å²) < 4.78 is 5.42. The van der Waals surface area contributed by atoms with Crippen LogP contribution in [0.4, 0.5) is 5.69 Å². The first-order valence-electron chi connectivity index (χ1n) is 5.94. The maximum atomic E-state index is 11.9. The van der Waals surface area contributed by atoms with Gasteiger partial charge in [-0.25, -0.2) is 0 Å². The fraction of sp³-hybridized carbons (Fsp3) is 0.357. The van der Waals surface area contributed by atoms with Crippen LogP contribution in [-0.4, -0.2) is 30.5 Å². The molecule has 4 nitrogen and oxygen atoms in total. The predicted molar refractivity (Wildman–Crippen MR) is 73.4 cm³/mol. The van der Waals surface area contributed by atoms with Crippen LogP contribution >= 0.6 is 0 Å². The summed E-state index contributed by atoms with van der Waals surface area (Å²) in [6.45, 7) is 8.82. The van der Waals surface area contributed by atoms with Gasteiger partial charge in [0.25, 0.3) is 5.91 Å². The number of nitrogens with two attached hydrogens (primary N) is 1. The molecule has 0 aromatic heterocycles. The van der Waals surface area contributed by atoms with Crippen LogP contribution in [0.25, 0.3) is 0 Å². The quantitative estimate of drug-likeness (QED) is 0.619. The number of hydrogen-bond acceptors (Lipinski definition) is 3. The van der Waals surface area contributed by atoms with Crippen molar-refractivity contribution in [3.05, 3.63) is 36.4 Å². The monoisotopic (exact) mass is 248 g/mol. The first-order chi connectivity index (χ1) is 8.54. The van der Waals surface area contributed by atoms with Crippen LogP contribution in [0.15, 0.2) is 36.4 Å². The second-order valence-corrected chi connectivity index (χ2v) is 4.19. The average Bonchev–Trinajstić information content (AvgIpc) is 2.34. The van der Waals surface area contributed by atoms with Crippen LogP contribution in [0, 0.1) is 0 Å². The number of ether oxygens (including phenoxy) is 1. The van der Waals surface area contributed by atoms with Crippen molar-refractivity contribution in [2.24, 2.45) is 0 Å². The summed E-state index contributed by atoms with van der Waals surface area (Å²) in [5.74, 6) is 0.473. The highest BCUT2D eigenvalue weighted by atomic mass is 16.5. The SMILES string of the molecule is C=C(C)CN(CC)C(=O)COc1ccccc1N. The summed E-state index contributed by atoms with van der Waals surface area (Å²) in [5.41, 5.74) is 7.22. The number of amides is 1. The van der Waals surface area contributed by atoms with E-state index >= 15 is 0 Å². The zero-order chi connectivity index (χ0) is 13.5. The van der Waals surface area contributed by atoms with Crippen molar-refractivity contribution in [3.63, 3.8) is 0 Å². The van der Waals surface area contributed by atoms with Crippen molar-refractivity contribution >= 4 is 11.6 Å². The molecule has 1 aromatic rings. The second-order valence-electron chi connectivity index (χ2n) is 4.19. The van der Waals surface area contributed by atoms with Gasteiger partial charge in [-0.15, -0.1) is 0 Å². The molecule has 0 saturated carbocycles. The van der Waals surface area contributed by atoms with Gasteiger partial charge in [0.15, 0.2) is 6.61 Å². The van der Waals surface area contributed by atoms with Gasteiger partial charge in [-0.2, -0.15) is 0 Å². The van der Waals surface area contributed by atoms with Gasteiger partial charge in [-0.1, -0.05) is 24.3 Å². The Hall–Kier alpha value is -1.97. The number of carbonyl (C=O) groups is 1. The Kier molecular flexibility index (Phi) is 5.24. The summed E-state index contributed by atoms with van der Waals surface area (Å²) in [5, 5.41) is 0. The third-order valence-corrected chi connectivity index (χ3v) is 2.47. The molecule has 1 aromatic carbocycles. The molecule has 0 fully saturated rings. The molecular weight excluding hydrogens is 228 g/mol. The lowest BCUT2D eigenvalue weighted by atomic mass is 10.3. The van der Waals surface area contributed by atoms with Gasteiger partial charge < -0.3 is 15.4 Å². The summed E-state index contributed by atoms with van der Waals surface area (Å²) in [4.78, 5) is 13.6. The average molecular weight is 248 g/mol. The normalized spacial score (nSPS) is 9.89. The number of nitrogens with zero attached hydrogens (tertiary/aromatic N) is 1. The van der Waals surface area contributed by atoms with E-state index in [9.17, 15) is 4.79 Å². The predicted octanol–water partition coefficient (Wildman–Crippen LogP) is 2.07. The fourth-order valence-corrected chi connectivity index (χ4v) is 1.54. The first kappa shape index (κ1) is 14.1. The number of benzene rings is 1. The number of likely N-dealkylation sites (N-methyl/N-ethyl adjacent to an activating group) is 1. The molecule has 0 aliphatic carbocycles. The maximum absolute atomic E-state index is 11.9. The molecular formula is C14H20N2O2. The van der Waals surface area contributed by atoms with E-state index in [0.29, 0.717) is 24.5 Å². The minimum atomic E-state index is -0.0660. The summed E-state index contributed by atoms with van der Waals surface area (Å²) in [7, 11) is 0. The van der Waals surface area contributed by atoms with Gasteiger partial charge >= 0.3 is 0 Å². The molecule has 0 heterocycles. The van der Waals surface area contributed by atoms with E-state index in [0.717, 1.165) is 5.57 Å². The Morgan fingerprint density at radius 3 is 2.67 bits per heavy atom. The van der Waals surface area contributed by atoms with Crippen molar-refractivity contribution in [1.29, 1.82) is 0 Å². The van der Waals surface area contributed by atoms with Crippen LogP contribution in [0.1, 0.15) is 13.8 Å². The number of anilines is 1. The van der Waals surface area contributed by atoms with Crippen molar-refractivity contribution in [3.8, 4) is 5.75 Å². The molecule has 18 heavy (non-hydrogen) atoms. The van der Waals surface area contributed by atoms with E-state index in [4.69, 9.17) is 10.5 Å². The maximum Gasteiger partial charge on any atom is 0.260 e. The van der Waals surface area contributed by atoms with E-state index < -0.39 is 0 Å². The summed E-state index contributed by atoms with van der Waals surface area (Å²) >= 11 is 0. The zero-order valence-corrected chi connectivity index (χ0v) is 11.0. The number of hydrogen-bond donors (Lipinski definition) is 1. The number of carbonyl (C=O) groups excluding carboxylic acids is 1. The lowest BCUT2D eigenvalue weighted by Gasteiger charge is -2.21. The van der Waals surface area contributed by atoms with Gasteiger partial charge in [-0.05, 0) is 26.0 Å². The van der Waals surface area contributed by atoms with Crippen molar-refractivity contribution < 1.29 is 9.53 Å². The minimum absolute atomic E-state index is 0.00463. The summed E-state index contributed by atoms with van der Waals surface area (Å²) in [6, 6.07) is 7.13. The van der Waals surface area contributed by atoms with Gasteiger partial charge in [-0.3, -0.25) is 4.79 Å². The molecule has 1 rings (SSSR count). The second kappa shape index (κ2) is 6.69. The van der Waals surface area contributed by atoms with Gasteiger partial charge in [0.1, 0.15) is 5.75 Å². The third kappa shape index (κ3) is 4.13. The molecule has 0 bridgehead atoms. The van der Waals surface area contributed by atoms with Crippen molar-refractivity contribution in [1.82, 2.24) is 4.90 Å². The standard InChI is InChI=1S/C14H20N2O2/c1-4-16(9-11(2)3)14(17)10-18-13-8-6-5-7-12(13)15/h5-8H,2,4,9-10,15H2,1,3H3. The Morgan fingerprint density at radius 2 is 2.11 bits per heavy atom. The number of nitrogen functional groups attached to an aromatic ring is 1. The molecule has 1 amide bonds. The van der Waals surface area contributed by atoms with Crippen LogP contribution in [-0.2, 0) is 4.79 Å². The van der Waals surface area contributed by atoms with Crippen molar-refractivity contribution in [2.45, 2.75) is 13.8 Å². The molecule has 0 atom stereocenters. The number of rotatable bonds is 6. The van der Waals surface area contributed by atoms with Crippen LogP contribution in [0.2, 0.25) is 0 Å². The first-order valence-corrected chi connectivity index (χ1v) is 5.94. The Morgan fingerprint density at radius 1 is 1.44 bits per heavy atom.